The van der Waals surface area contributed by atoms with Crippen molar-refractivity contribution in [2.45, 2.75) is 6.92 Å². The van der Waals surface area contributed by atoms with Crippen LogP contribution in [0.15, 0.2) is 12.7 Å². The van der Waals surface area contributed by atoms with Gasteiger partial charge in [-0.3, -0.25) is 9.00 Å². The molecule has 0 aromatic carbocycles. The largest absolute Gasteiger partial charge is 0.352 e. The zero-order valence-corrected chi connectivity index (χ0v) is 7.45. The number of hydrogen-bond donors (Lipinski definition) is 1. The molecule has 0 saturated heterocycles. The summed E-state index contributed by atoms with van der Waals surface area (Å²) in [7, 11) is -0.794. The summed E-state index contributed by atoms with van der Waals surface area (Å²) in [5.41, 5.74) is 0. The van der Waals surface area contributed by atoms with E-state index in [9.17, 15) is 9.00 Å². The molecule has 0 aliphatic carbocycles. The fourth-order valence-electron chi connectivity index (χ4n) is 0.505. The average Bonchev–Trinajstić information content (AvgIpc) is 2.04. The molecule has 0 aliphatic heterocycles. The van der Waals surface area contributed by atoms with Crippen molar-refractivity contribution in [3.8, 4) is 0 Å². The van der Waals surface area contributed by atoms with Gasteiger partial charge >= 0.3 is 0 Å². The van der Waals surface area contributed by atoms with Gasteiger partial charge in [0.1, 0.15) is 0 Å². The lowest BCUT2D eigenvalue weighted by Crippen LogP contribution is -2.26. The maximum Gasteiger partial charge on any atom is 0.243 e. The molecule has 0 spiro atoms. The van der Waals surface area contributed by atoms with Crippen LogP contribution in [0.2, 0.25) is 0 Å². The van der Waals surface area contributed by atoms with Crippen molar-refractivity contribution in [3.63, 3.8) is 0 Å². The molecule has 0 rings (SSSR count). The lowest BCUT2D eigenvalue weighted by Gasteiger charge is -1.99. The van der Waals surface area contributed by atoms with Crippen LogP contribution in [0.1, 0.15) is 6.92 Å². The highest BCUT2D eigenvalue weighted by Gasteiger charge is 1.96. The fraction of sp³-hybridized carbons (Fsp3) is 0.571. The second-order valence-electron chi connectivity index (χ2n) is 1.93. The Morgan fingerprint density at radius 2 is 2.36 bits per heavy atom. The SMILES string of the molecule is C=CC(=O)NCCS(=O)CC. The molecule has 11 heavy (non-hydrogen) atoms. The van der Waals surface area contributed by atoms with Gasteiger partial charge in [0.15, 0.2) is 0 Å². The first-order chi connectivity index (χ1) is 5.20. The van der Waals surface area contributed by atoms with Crippen LogP contribution in [0.5, 0.6) is 0 Å². The summed E-state index contributed by atoms with van der Waals surface area (Å²) in [5.74, 6) is 0.957. The highest BCUT2D eigenvalue weighted by atomic mass is 32.2. The van der Waals surface area contributed by atoms with E-state index in [4.69, 9.17) is 0 Å². The Morgan fingerprint density at radius 3 is 2.82 bits per heavy atom. The molecule has 0 fully saturated rings. The molecule has 0 radical (unpaired) electrons. The molecule has 0 heterocycles. The number of carbonyl (C=O) groups excluding carboxylic acids is 1. The van der Waals surface area contributed by atoms with Crippen molar-refractivity contribution in [1.82, 2.24) is 5.32 Å². The van der Waals surface area contributed by atoms with Gasteiger partial charge in [0.05, 0.1) is 0 Å². The summed E-state index contributed by atoms with van der Waals surface area (Å²) in [4.78, 5) is 10.6. The minimum absolute atomic E-state index is 0.210. The van der Waals surface area contributed by atoms with Crippen LogP contribution in [0.4, 0.5) is 0 Å². The van der Waals surface area contributed by atoms with E-state index in [0.29, 0.717) is 18.1 Å². The zero-order chi connectivity index (χ0) is 8.69. The van der Waals surface area contributed by atoms with E-state index < -0.39 is 10.8 Å². The maximum atomic E-state index is 10.8. The molecule has 3 nitrogen and oxygen atoms in total. The van der Waals surface area contributed by atoms with Gasteiger partial charge in [-0.05, 0) is 6.08 Å². The highest BCUT2D eigenvalue weighted by Crippen LogP contribution is 1.78. The molecule has 64 valence electrons. The minimum atomic E-state index is -0.794. The molecule has 1 amide bonds. The standard InChI is InChI=1S/C7H13NO2S/c1-3-7(9)8-5-6-11(10)4-2/h3H,1,4-6H2,2H3,(H,8,9). The second kappa shape index (κ2) is 6.09. The Hall–Kier alpha value is -0.640. The Morgan fingerprint density at radius 1 is 1.73 bits per heavy atom. The summed E-state index contributed by atoms with van der Waals surface area (Å²) >= 11 is 0. The third-order valence-electron chi connectivity index (χ3n) is 1.14. The number of nitrogens with one attached hydrogen (secondary N) is 1. The maximum absolute atomic E-state index is 10.8. The van der Waals surface area contributed by atoms with Crippen LogP contribution in [-0.2, 0) is 15.6 Å². The molecular formula is C7H13NO2S. The molecule has 0 bridgehead atoms. The molecule has 4 heteroatoms. The van der Waals surface area contributed by atoms with Crippen molar-refractivity contribution in [2.24, 2.45) is 0 Å². The van der Waals surface area contributed by atoms with Gasteiger partial charge < -0.3 is 5.32 Å². The number of amides is 1. The summed E-state index contributed by atoms with van der Waals surface area (Å²) in [5, 5.41) is 2.55. The predicted molar refractivity (Wildman–Crippen MR) is 46.8 cm³/mol. The fourth-order valence-corrected chi connectivity index (χ4v) is 1.12. The van der Waals surface area contributed by atoms with Gasteiger partial charge in [0.2, 0.25) is 5.91 Å². The summed E-state index contributed by atoms with van der Waals surface area (Å²) < 4.78 is 10.8. The van der Waals surface area contributed by atoms with E-state index in [1.165, 1.54) is 6.08 Å². The van der Waals surface area contributed by atoms with E-state index in [-0.39, 0.29) is 5.91 Å². The smallest absolute Gasteiger partial charge is 0.243 e. The van der Waals surface area contributed by atoms with Gasteiger partial charge in [-0.1, -0.05) is 13.5 Å². The van der Waals surface area contributed by atoms with Crippen molar-refractivity contribution in [3.05, 3.63) is 12.7 Å². The summed E-state index contributed by atoms with van der Waals surface area (Å²) in [6.07, 6.45) is 1.20. The van der Waals surface area contributed by atoms with Gasteiger partial charge in [-0.2, -0.15) is 0 Å². The van der Waals surface area contributed by atoms with Gasteiger partial charge in [-0.25, -0.2) is 0 Å². The first kappa shape index (κ1) is 10.4. The molecular weight excluding hydrogens is 162 g/mol. The Labute approximate surface area is 69.3 Å². The lowest BCUT2D eigenvalue weighted by atomic mass is 10.6. The summed E-state index contributed by atoms with van der Waals surface area (Å²) in [6.45, 7) is 5.61. The topological polar surface area (TPSA) is 46.2 Å². The Balaban J connectivity index is 3.34. The molecule has 1 N–H and O–H groups in total. The quantitative estimate of drug-likeness (QED) is 0.600. The van der Waals surface area contributed by atoms with Crippen LogP contribution in [-0.4, -0.2) is 28.2 Å². The van der Waals surface area contributed by atoms with Crippen molar-refractivity contribution in [1.29, 1.82) is 0 Å². The lowest BCUT2D eigenvalue weighted by molar-refractivity contribution is -0.116. The first-order valence-corrected chi connectivity index (χ1v) is 4.94. The third kappa shape index (κ3) is 5.79. The highest BCUT2D eigenvalue weighted by molar-refractivity contribution is 7.84. The van der Waals surface area contributed by atoms with Gasteiger partial charge in [0, 0.05) is 28.9 Å². The molecule has 1 unspecified atom stereocenters. The van der Waals surface area contributed by atoms with Crippen LogP contribution in [0.3, 0.4) is 0 Å². The molecule has 0 aliphatic rings. The van der Waals surface area contributed by atoms with Crippen LogP contribution < -0.4 is 5.32 Å². The average molecular weight is 175 g/mol. The molecule has 0 aromatic rings. The van der Waals surface area contributed by atoms with E-state index in [1.54, 1.807) is 0 Å². The van der Waals surface area contributed by atoms with Gasteiger partial charge in [0.25, 0.3) is 0 Å². The minimum Gasteiger partial charge on any atom is -0.352 e. The van der Waals surface area contributed by atoms with Crippen molar-refractivity contribution < 1.29 is 9.00 Å². The van der Waals surface area contributed by atoms with E-state index >= 15 is 0 Å². The van der Waals surface area contributed by atoms with Crippen molar-refractivity contribution in [2.75, 3.05) is 18.1 Å². The number of rotatable bonds is 5. The van der Waals surface area contributed by atoms with Crippen LogP contribution in [0.25, 0.3) is 0 Å². The van der Waals surface area contributed by atoms with Crippen LogP contribution in [0, 0.1) is 0 Å². The van der Waals surface area contributed by atoms with E-state index in [2.05, 4.69) is 11.9 Å². The third-order valence-corrected chi connectivity index (χ3v) is 2.44. The second-order valence-corrected chi connectivity index (χ2v) is 3.79. The number of carbonyl (C=O) groups is 1. The Bertz CT molecular complexity index is 168. The first-order valence-electron chi connectivity index (χ1n) is 3.46. The van der Waals surface area contributed by atoms with Crippen molar-refractivity contribution >= 4 is 16.7 Å². The van der Waals surface area contributed by atoms with E-state index in [1.807, 2.05) is 6.92 Å². The van der Waals surface area contributed by atoms with Crippen LogP contribution >= 0.6 is 0 Å². The molecule has 0 aromatic heterocycles. The Kier molecular flexibility index (Phi) is 5.74. The van der Waals surface area contributed by atoms with Gasteiger partial charge in [-0.15, -0.1) is 0 Å². The normalized spacial score (nSPS) is 12.1. The zero-order valence-electron chi connectivity index (χ0n) is 6.63. The number of hydrogen-bond acceptors (Lipinski definition) is 2. The molecule has 1 atom stereocenters. The van der Waals surface area contributed by atoms with E-state index in [0.717, 1.165) is 0 Å². The monoisotopic (exact) mass is 175 g/mol. The molecule has 0 saturated carbocycles. The predicted octanol–water partition coefficient (Wildman–Crippen LogP) is 0.0572. The summed E-state index contributed by atoms with van der Waals surface area (Å²) in [6, 6.07) is 0.